The Morgan fingerprint density at radius 1 is 1.08 bits per heavy atom. The summed E-state index contributed by atoms with van der Waals surface area (Å²) in [6.45, 7) is 4.25. The lowest BCUT2D eigenvalue weighted by Crippen LogP contribution is -2.41. The van der Waals surface area contributed by atoms with Crippen LogP contribution >= 0.6 is 0 Å². The minimum atomic E-state index is -0.373. The highest BCUT2D eigenvalue weighted by atomic mass is 19.1. The summed E-state index contributed by atoms with van der Waals surface area (Å²) in [5, 5.41) is 5.60. The van der Waals surface area contributed by atoms with Crippen molar-refractivity contribution in [2.75, 3.05) is 23.3 Å². The van der Waals surface area contributed by atoms with Gasteiger partial charge in [-0.2, -0.15) is 0 Å². The average molecular weight is 343 g/mol. The number of halogens is 1. The number of hydrogen-bond donors (Lipinski definition) is 2. The molecule has 0 aromatic heterocycles. The van der Waals surface area contributed by atoms with E-state index >= 15 is 0 Å². The molecule has 0 aliphatic heterocycles. The van der Waals surface area contributed by atoms with Gasteiger partial charge in [0.2, 0.25) is 5.91 Å². The Hall–Kier alpha value is -2.89. The van der Waals surface area contributed by atoms with Crippen molar-refractivity contribution in [2.24, 2.45) is 0 Å². The molecule has 0 saturated heterocycles. The molecule has 0 bridgehead atoms. The fourth-order valence-electron chi connectivity index (χ4n) is 2.30. The minimum absolute atomic E-state index is 0.0848. The number of urea groups is 1. The molecule has 6 heteroatoms. The number of benzene rings is 2. The number of hydrogen-bond acceptors (Lipinski definition) is 2. The van der Waals surface area contributed by atoms with Crippen LogP contribution in [0.1, 0.15) is 18.9 Å². The van der Waals surface area contributed by atoms with Crippen LogP contribution in [0.5, 0.6) is 0 Å². The van der Waals surface area contributed by atoms with Crippen LogP contribution in [0.15, 0.2) is 48.5 Å². The number of aryl methyl sites for hydroxylation is 1. The molecule has 2 aromatic carbocycles. The summed E-state index contributed by atoms with van der Waals surface area (Å²) >= 11 is 0. The predicted molar refractivity (Wildman–Crippen MR) is 97.2 cm³/mol. The summed E-state index contributed by atoms with van der Waals surface area (Å²) < 4.78 is 13.2. The Balaban J connectivity index is 2.15. The topological polar surface area (TPSA) is 61.4 Å². The molecule has 3 amide bonds. The summed E-state index contributed by atoms with van der Waals surface area (Å²) in [6.07, 6.45) is 0.381. The first kappa shape index (κ1) is 18.4. The fourth-order valence-corrected chi connectivity index (χ4v) is 2.30. The van der Waals surface area contributed by atoms with E-state index in [1.165, 1.54) is 29.2 Å². The normalized spacial score (nSPS) is 10.2. The molecule has 0 saturated carbocycles. The Morgan fingerprint density at radius 2 is 1.76 bits per heavy atom. The number of anilines is 2. The highest BCUT2D eigenvalue weighted by Crippen LogP contribution is 2.18. The molecule has 2 aromatic rings. The number of carbonyl (C=O) groups excluding carboxylic acids is 2. The van der Waals surface area contributed by atoms with Crippen LogP contribution < -0.4 is 15.5 Å². The molecule has 0 aliphatic carbocycles. The van der Waals surface area contributed by atoms with Crippen molar-refractivity contribution in [3.63, 3.8) is 0 Å². The molecule has 0 unspecified atom stereocenters. The molecule has 25 heavy (non-hydrogen) atoms. The molecular weight excluding hydrogens is 321 g/mol. The molecule has 0 atom stereocenters. The zero-order valence-corrected chi connectivity index (χ0v) is 14.4. The van der Waals surface area contributed by atoms with Crippen LogP contribution in [0.3, 0.4) is 0 Å². The van der Waals surface area contributed by atoms with Crippen LogP contribution in [0.4, 0.5) is 20.6 Å². The van der Waals surface area contributed by atoms with Crippen LogP contribution in [0.2, 0.25) is 0 Å². The van der Waals surface area contributed by atoms with Crippen LogP contribution in [0, 0.1) is 12.7 Å². The highest BCUT2D eigenvalue weighted by molar-refractivity contribution is 6.02. The Morgan fingerprint density at radius 3 is 2.40 bits per heavy atom. The monoisotopic (exact) mass is 343 g/mol. The molecule has 0 fully saturated rings. The van der Waals surface area contributed by atoms with E-state index in [1.54, 1.807) is 6.92 Å². The van der Waals surface area contributed by atoms with Crippen molar-refractivity contribution < 1.29 is 14.0 Å². The number of nitrogens with zero attached hydrogens (tertiary/aromatic N) is 1. The van der Waals surface area contributed by atoms with Gasteiger partial charge in [0, 0.05) is 30.9 Å². The summed E-state index contributed by atoms with van der Waals surface area (Å²) in [4.78, 5) is 25.6. The van der Waals surface area contributed by atoms with Gasteiger partial charge in [-0.3, -0.25) is 9.69 Å². The van der Waals surface area contributed by atoms with Crippen molar-refractivity contribution in [1.29, 1.82) is 0 Å². The third-order valence-corrected chi connectivity index (χ3v) is 3.75. The Kier molecular flexibility index (Phi) is 6.51. The van der Waals surface area contributed by atoms with E-state index in [0.717, 1.165) is 5.56 Å². The Bertz CT molecular complexity index is 732. The van der Waals surface area contributed by atoms with Gasteiger partial charge in [0.15, 0.2) is 0 Å². The molecular formula is C19H22FN3O2. The lowest BCUT2D eigenvalue weighted by Gasteiger charge is -2.24. The van der Waals surface area contributed by atoms with Crippen LogP contribution in [-0.2, 0) is 4.79 Å². The van der Waals surface area contributed by atoms with Gasteiger partial charge in [0.25, 0.3) is 0 Å². The summed E-state index contributed by atoms with van der Waals surface area (Å²) in [7, 11) is 0. The first-order chi connectivity index (χ1) is 12.0. The van der Waals surface area contributed by atoms with Gasteiger partial charge in [-0.1, -0.05) is 25.1 Å². The zero-order chi connectivity index (χ0) is 18.2. The smallest absolute Gasteiger partial charge is 0.326 e. The molecule has 0 aliphatic rings. The molecule has 0 radical (unpaired) electrons. The van der Waals surface area contributed by atoms with Crippen molar-refractivity contribution in [3.8, 4) is 0 Å². The quantitative estimate of drug-likeness (QED) is 0.840. The maximum absolute atomic E-state index is 13.2. The number of rotatable bonds is 6. The first-order valence-corrected chi connectivity index (χ1v) is 8.17. The van der Waals surface area contributed by atoms with E-state index in [-0.39, 0.29) is 24.3 Å². The van der Waals surface area contributed by atoms with Crippen LogP contribution in [-0.4, -0.2) is 25.0 Å². The zero-order valence-electron chi connectivity index (χ0n) is 14.4. The largest absolute Gasteiger partial charge is 0.354 e. The van der Waals surface area contributed by atoms with Gasteiger partial charge in [-0.25, -0.2) is 9.18 Å². The van der Waals surface area contributed by atoms with Crippen LogP contribution in [0.25, 0.3) is 0 Å². The average Bonchev–Trinajstić information content (AvgIpc) is 2.61. The fraction of sp³-hybridized carbons (Fsp3) is 0.263. The van der Waals surface area contributed by atoms with Crippen molar-refractivity contribution in [1.82, 2.24) is 5.32 Å². The van der Waals surface area contributed by atoms with Gasteiger partial charge >= 0.3 is 6.03 Å². The highest BCUT2D eigenvalue weighted by Gasteiger charge is 2.16. The molecule has 0 heterocycles. The van der Waals surface area contributed by atoms with Crippen molar-refractivity contribution in [2.45, 2.75) is 20.3 Å². The first-order valence-electron chi connectivity index (χ1n) is 8.17. The molecule has 2 rings (SSSR count). The number of amides is 3. The molecule has 5 nitrogen and oxygen atoms in total. The summed E-state index contributed by atoms with van der Waals surface area (Å²) in [5.41, 5.74) is 2.20. The lowest BCUT2D eigenvalue weighted by molar-refractivity contribution is -0.120. The second-order valence-electron chi connectivity index (χ2n) is 5.58. The van der Waals surface area contributed by atoms with Gasteiger partial charge in [-0.05, 0) is 42.8 Å². The third-order valence-electron chi connectivity index (χ3n) is 3.75. The van der Waals surface area contributed by atoms with Crippen molar-refractivity contribution in [3.05, 3.63) is 59.9 Å². The summed E-state index contributed by atoms with van der Waals surface area (Å²) in [6, 6.07) is 12.8. The Labute approximate surface area is 146 Å². The van der Waals surface area contributed by atoms with E-state index in [4.69, 9.17) is 0 Å². The van der Waals surface area contributed by atoms with E-state index in [2.05, 4.69) is 10.6 Å². The van der Waals surface area contributed by atoms with Gasteiger partial charge < -0.3 is 10.6 Å². The second kappa shape index (κ2) is 8.82. The van der Waals surface area contributed by atoms with Gasteiger partial charge in [-0.15, -0.1) is 0 Å². The maximum atomic E-state index is 13.2. The summed E-state index contributed by atoms with van der Waals surface area (Å²) in [5.74, 6) is -0.458. The van der Waals surface area contributed by atoms with E-state index in [0.29, 0.717) is 24.3 Å². The lowest BCUT2D eigenvalue weighted by atomic mass is 10.2. The standard InChI is InChI=1S/C19H22FN3O2/c1-3-18(24)21-12-13-23(16-10-8-15(20)9-11-16)19(25)22-17-7-5-4-6-14(17)2/h4-11H,3,12-13H2,1-2H3,(H,21,24)(H,22,25). The second-order valence-corrected chi connectivity index (χ2v) is 5.58. The third kappa shape index (κ3) is 5.31. The van der Waals surface area contributed by atoms with E-state index in [1.807, 2.05) is 31.2 Å². The predicted octanol–water partition coefficient (Wildman–Crippen LogP) is 3.70. The molecule has 0 spiro atoms. The number of nitrogens with one attached hydrogen (secondary N) is 2. The SMILES string of the molecule is CCC(=O)NCCN(C(=O)Nc1ccccc1C)c1ccc(F)cc1. The number of carbonyl (C=O) groups is 2. The van der Waals surface area contributed by atoms with E-state index < -0.39 is 0 Å². The van der Waals surface area contributed by atoms with Gasteiger partial charge in [0.1, 0.15) is 5.82 Å². The van der Waals surface area contributed by atoms with E-state index in [9.17, 15) is 14.0 Å². The van der Waals surface area contributed by atoms with Gasteiger partial charge in [0.05, 0.1) is 0 Å². The molecule has 2 N–H and O–H groups in total. The maximum Gasteiger partial charge on any atom is 0.326 e. The number of para-hydroxylation sites is 1. The van der Waals surface area contributed by atoms with Crippen molar-refractivity contribution >= 4 is 23.3 Å². The molecule has 132 valence electrons. The minimum Gasteiger partial charge on any atom is -0.354 e.